The van der Waals surface area contributed by atoms with Gasteiger partial charge in [0.2, 0.25) is 0 Å². The summed E-state index contributed by atoms with van der Waals surface area (Å²) in [6, 6.07) is 12.7. The van der Waals surface area contributed by atoms with Crippen LogP contribution in [0.2, 0.25) is 0 Å². The number of carbonyl (C=O) groups is 1. The third-order valence-corrected chi connectivity index (χ3v) is 3.52. The van der Waals surface area contributed by atoms with Crippen LogP contribution in [0.5, 0.6) is 0 Å². The van der Waals surface area contributed by atoms with E-state index in [-0.39, 0.29) is 0 Å². The fourth-order valence-corrected chi connectivity index (χ4v) is 2.26. The molecule has 0 atom stereocenters. The number of pyridine rings is 2. The van der Waals surface area contributed by atoms with E-state index < -0.39 is 5.91 Å². The second kappa shape index (κ2) is 6.78. The largest absolute Gasteiger partial charge is 0.366 e. The van der Waals surface area contributed by atoms with Crippen molar-refractivity contribution >= 4 is 28.8 Å². The van der Waals surface area contributed by atoms with Crippen molar-refractivity contribution < 1.29 is 4.79 Å². The highest BCUT2D eigenvalue weighted by atomic mass is 16.1. The van der Waals surface area contributed by atoms with E-state index in [9.17, 15) is 4.79 Å². The van der Waals surface area contributed by atoms with Gasteiger partial charge in [0.05, 0.1) is 11.3 Å². The Hall–Kier alpha value is -3.41. The molecule has 4 N–H and O–H groups in total. The van der Waals surface area contributed by atoms with E-state index in [0.29, 0.717) is 17.1 Å². The molecule has 1 aromatic carbocycles. The molecule has 0 unspecified atom stereocenters. The second-order valence-electron chi connectivity index (χ2n) is 5.28. The molecule has 120 valence electrons. The van der Waals surface area contributed by atoms with Gasteiger partial charge in [0, 0.05) is 36.0 Å². The molecule has 0 aliphatic rings. The Labute approximate surface area is 139 Å². The van der Waals surface area contributed by atoms with Crippen LogP contribution in [0.4, 0.5) is 22.9 Å². The predicted octanol–water partition coefficient (Wildman–Crippen LogP) is 3.37. The number of rotatable bonds is 5. The first-order valence-corrected chi connectivity index (χ1v) is 7.43. The minimum Gasteiger partial charge on any atom is -0.366 e. The van der Waals surface area contributed by atoms with Crippen molar-refractivity contribution in [2.45, 2.75) is 6.92 Å². The number of para-hydroxylation sites is 1. The van der Waals surface area contributed by atoms with E-state index in [1.807, 2.05) is 37.3 Å². The van der Waals surface area contributed by atoms with Crippen LogP contribution in [-0.4, -0.2) is 15.9 Å². The number of hydrogen-bond donors (Lipinski definition) is 3. The molecule has 2 aromatic heterocycles. The number of amides is 1. The first-order chi connectivity index (χ1) is 11.6. The maximum Gasteiger partial charge on any atom is 0.250 e. The van der Waals surface area contributed by atoms with Crippen LogP contribution in [0.1, 0.15) is 15.9 Å². The van der Waals surface area contributed by atoms with Crippen LogP contribution in [0.15, 0.2) is 61.1 Å². The summed E-state index contributed by atoms with van der Waals surface area (Å²) in [6.45, 7) is 1.94. The molecule has 6 heteroatoms. The van der Waals surface area contributed by atoms with Gasteiger partial charge in [-0.2, -0.15) is 0 Å². The molecule has 1 amide bonds. The quantitative estimate of drug-likeness (QED) is 0.670. The molecule has 24 heavy (non-hydrogen) atoms. The zero-order valence-electron chi connectivity index (χ0n) is 13.2. The van der Waals surface area contributed by atoms with E-state index in [0.717, 1.165) is 16.9 Å². The van der Waals surface area contributed by atoms with Gasteiger partial charge in [0.1, 0.15) is 5.82 Å². The minimum atomic E-state index is -0.472. The summed E-state index contributed by atoms with van der Waals surface area (Å²) >= 11 is 0. The van der Waals surface area contributed by atoms with Crippen LogP contribution in [0, 0.1) is 6.92 Å². The third kappa shape index (κ3) is 3.49. The monoisotopic (exact) mass is 319 g/mol. The Kier molecular flexibility index (Phi) is 4.38. The number of carbonyl (C=O) groups excluding carboxylic acids is 1. The van der Waals surface area contributed by atoms with Gasteiger partial charge < -0.3 is 16.4 Å². The van der Waals surface area contributed by atoms with Crippen molar-refractivity contribution in [3.8, 4) is 0 Å². The summed E-state index contributed by atoms with van der Waals surface area (Å²) in [4.78, 5) is 19.9. The molecular weight excluding hydrogens is 302 g/mol. The number of nitrogens with two attached hydrogens (primary N) is 1. The van der Waals surface area contributed by atoms with E-state index in [4.69, 9.17) is 5.73 Å². The molecule has 0 bridgehead atoms. The standard InChI is InChI=1S/C18H17N5O/c1-12-11-21-17(22-13-6-8-20-9-7-13)10-16(12)23-15-5-3-2-4-14(15)18(19)24/h2-11H,1H3,(H2,19,24)(H2,20,21,22,23). The van der Waals surface area contributed by atoms with E-state index in [2.05, 4.69) is 20.6 Å². The van der Waals surface area contributed by atoms with Crippen molar-refractivity contribution in [1.29, 1.82) is 0 Å². The zero-order valence-corrected chi connectivity index (χ0v) is 13.2. The van der Waals surface area contributed by atoms with Crippen LogP contribution in [0.25, 0.3) is 0 Å². The van der Waals surface area contributed by atoms with E-state index in [1.54, 1.807) is 30.7 Å². The molecule has 3 aromatic rings. The smallest absolute Gasteiger partial charge is 0.250 e. The average molecular weight is 319 g/mol. The molecule has 0 saturated carbocycles. The summed E-state index contributed by atoms with van der Waals surface area (Å²) in [6.07, 6.45) is 5.18. The van der Waals surface area contributed by atoms with Gasteiger partial charge in [-0.15, -0.1) is 0 Å². The van der Waals surface area contributed by atoms with E-state index >= 15 is 0 Å². The normalized spacial score (nSPS) is 10.2. The highest BCUT2D eigenvalue weighted by Crippen LogP contribution is 2.26. The lowest BCUT2D eigenvalue weighted by atomic mass is 10.1. The van der Waals surface area contributed by atoms with Crippen LogP contribution in [-0.2, 0) is 0 Å². The van der Waals surface area contributed by atoms with Gasteiger partial charge in [-0.05, 0) is 36.8 Å². The van der Waals surface area contributed by atoms with Gasteiger partial charge in [0.25, 0.3) is 5.91 Å². The van der Waals surface area contributed by atoms with Crippen molar-refractivity contribution in [2.24, 2.45) is 5.73 Å². The number of anilines is 4. The lowest BCUT2D eigenvalue weighted by Gasteiger charge is -2.14. The third-order valence-electron chi connectivity index (χ3n) is 3.52. The topological polar surface area (TPSA) is 92.9 Å². The number of nitrogens with zero attached hydrogens (tertiary/aromatic N) is 2. The van der Waals surface area contributed by atoms with Crippen LogP contribution < -0.4 is 16.4 Å². The average Bonchev–Trinajstić information content (AvgIpc) is 2.59. The summed E-state index contributed by atoms with van der Waals surface area (Å²) in [5, 5.41) is 6.47. The number of nitrogens with one attached hydrogen (secondary N) is 2. The highest BCUT2D eigenvalue weighted by Gasteiger charge is 2.09. The van der Waals surface area contributed by atoms with Gasteiger partial charge >= 0.3 is 0 Å². The lowest BCUT2D eigenvalue weighted by molar-refractivity contribution is 0.100. The Morgan fingerprint density at radius 3 is 2.54 bits per heavy atom. The molecule has 2 heterocycles. The Bertz CT molecular complexity index is 864. The minimum absolute atomic E-state index is 0.442. The fraction of sp³-hybridized carbons (Fsp3) is 0.0556. The molecule has 6 nitrogen and oxygen atoms in total. The van der Waals surface area contributed by atoms with Gasteiger partial charge in [-0.3, -0.25) is 9.78 Å². The van der Waals surface area contributed by atoms with Crippen molar-refractivity contribution in [3.05, 3.63) is 72.2 Å². The molecule has 0 fully saturated rings. The summed E-state index contributed by atoms with van der Waals surface area (Å²) < 4.78 is 0. The SMILES string of the molecule is Cc1cnc(Nc2ccncc2)cc1Nc1ccccc1C(N)=O. The molecule has 0 aliphatic carbocycles. The molecule has 0 spiro atoms. The van der Waals surface area contributed by atoms with Gasteiger partial charge in [0.15, 0.2) is 0 Å². The maximum absolute atomic E-state index is 11.6. The number of benzene rings is 1. The Morgan fingerprint density at radius 2 is 1.79 bits per heavy atom. The molecular formula is C18H17N5O. The first kappa shape index (κ1) is 15.5. The fourth-order valence-electron chi connectivity index (χ4n) is 2.26. The van der Waals surface area contributed by atoms with Crippen molar-refractivity contribution in [1.82, 2.24) is 9.97 Å². The van der Waals surface area contributed by atoms with Crippen LogP contribution >= 0.6 is 0 Å². The summed E-state index contributed by atoms with van der Waals surface area (Å²) in [7, 11) is 0. The Balaban J connectivity index is 1.89. The van der Waals surface area contributed by atoms with Crippen LogP contribution in [0.3, 0.4) is 0 Å². The highest BCUT2D eigenvalue weighted by molar-refractivity contribution is 5.99. The number of hydrogen-bond acceptors (Lipinski definition) is 5. The molecule has 0 saturated heterocycles. The van der Waals surface area contributed by atoms with Gasteiger partial charge in [-0.25, -0.2) is 4.98 Å². The van der Waals surface area contributed by atoms with Gasteiger partial charge in [-0.1, -0.05) is 12.1 Å². The lowest BCUT2D eigenvalue weighted by Crippen LogP contribution is -2.13. The number of aromatic nitrogens is 2. The summed E-state index contributed by atoms with van der Waals surface area (Å²) in [5.74, 6) is 0.214. The van der Waals surface area contributed by atoms with Crippen molar-refractivity contribution in [3.63, 3.8) is 0 Å². The summed E-state index contributed by atoms with van der Waals surface area (Å²) in [5.41, 5.74) is 9.22. The Morgan fingerprint density at radius 1 is 1.04 bits per heavy atom. The number of aryl methyl sites for hydroxylation is 1. The maximum atomic E-state index is 11.6. The molecule has 3 rings (SSSR count). The second-order valence-corrected chi connectivity index (χ2v) is 5.28. The molecule has 0 radical (unpaired) electrons. The first-order valence-electron chi connectivity index (χ1n) is 7.43. The molecule has 0 aliphatic heterocycles. The number of primary amides is 1. The zero-order chi connectivity index (χ0) is 16.9. The predicted molar refractivity (Wildman–Crippen MR) is 94.7 cm³/mol. The van der Waals surface area contributed by atoms with Crippen molar-refractivity contribution in [2.75, 3.05) is 10.6 Å². The van der Waals surface area contributed by atoms with E-state index in [1.165, 1.54) is 0 Å².